The monoisotopic (exact) mass is 357 g/mol. The lowest BCUT2D eigenvalue weighted by molar-refractivity contribution is 0.0694. The molecular weight excluding hydrogens is 334 g/mol. The van der Waals surface area contributed by atoms with Crippen molar-refractivity contribution >= 4 is 23.2 Å². The van der Waals surface area contributed by atoms with Gasteiger partial charge in [0.05, 0.1) is 10.4 Å². The van der Waals surface area contributed by atoms with Crippen molar-refractivity contribution in [2.24, 2.45) is 5.92 Å². The molecule has 25 heavy (non-hydrogen) atoms. The number of carboxylic acid groups (broad SMARTS) is 1. The molecular formula is C20H23NO3S. The van der Waals surface area contributed by atoms with Crippen LogP contribution in [0.15, 0.2) is 35.7 Å². The number of rotatable bonds is 5. The minimum Gasteiger partial charge on any atom is -0.478 e. The van der Waals surface area contributed by atoms with Gasteiger partial charge in [0.2, 0.25) is 0 Å². The summed E-state index contributed by atoms with van der Waals surface area (Å²) in [5.41, 5.74) is 2.42. The van der Waals surface area contributed by atoms with Gasteiger partial charge in [0, 0.05) is 13.1 Å². The highest BCUT2D eigenvalue weighted by Crippen LogP contribution is 2.26. The molecule has 0 radical (unpaired) electrons. The van der Waals surface area contributed by atoms with Crippen LogP contribution < -0.4 is 0 Å². The Morgan fingerprint density at radius 3 is 2.56 bits per heavy atom. The first kappa shape index (κ1) is 17.7. The Bertz CT molecular complexity index is 760. The molecule has 0 spiro atoms. The van der Waals surface area contributed by atoms with Crippen molar-refractivity contribution in [3.05, 3.63) is 57.3 Å². The number of benzene rings is 1. The molecule has 2 heterocycles. The van der Waals surface area contributed by atoms with Gasteiger partial charge in [0.1, 0.15) is 0 Å². The van der Waals surface area contributed by atoms with Gasteiger partial charge in [-0.05, 0) is 60.2 Å². The average molecular weight is 357 g/mol. The van der Waals surface area contributed by atoms with Gasteiger partial charge in [-0.3, -0.25) is 4.79 Å². The van der Waals surface area contributed by atoms with Crippen LogP contribution >= 0.6 is 11.3 Å². The van der Waals surface area contributed by atoms with Gasteiger partial charge in [-0.1, -0.05) is 25.1 Å². The number of amides is 1. The molecule has 132 valence electrons. The molecule has 0 unspecified atom stereocenters. The molecule has 0 saturated carbocycles. The highest BCUT2D eigenvalue weighted by molar-refractivity contribution is 7.12. The van der Waals surface area contributed by atoms with Gasteiger partial charge >= 0.3 is 5.97 Å². The molecule has 0 atom stereocenters. The van der Waals surface area contributed by atoms with Crippen molar-refractivity contribution in [2.45, 2.75) is 32.6 Å². The fourth-order valence-electron chi connectivity index (χ4n) is 3.50. The Labute approximate surface area is 152 Å². The van der Waals surface area contributed by atoms with E-state index in [4.69, 9.17) is 0 Å². The van der Waals surface area contributed by atoms with Crippen LogP contribution in [0.5, 0.6) is 0 Å². The van der Waals surface area contributed by atoms with E-state index in [1.165, 1.54) is 11.3 Å². The third-order valence-corrected chi connectivity index (χ3v) is 5.92. The predicted octanol–water partition coefficient (Wildman–Crippen LogP) is 4.10. The first-order chi connectivity index (χ1) is 12.1. The smallest absolute Gasteiger partial charge is 0.335 e. The minimum atomic E-state index is -0.868. The fraction of sp³-hybridized carbons (Fsp3) is 0.400. The van der Waals surface area contributed by atoms with E-state index in [-0.39, 0.29) is 5.91 Å². The Hall–Kier alpha value is -2.14. The fourth-order valence-corrected chi connectivity index (χ4v) is 4.47. The summed E-state index contributed by atoms with van der Waals surface area (Å²) in [6.45, 7) is 3.57. The van der Waals surface area contributed by atoms with Gasteiger partial charge in [-0.25, -0.2) is 4.79 Å². The number of nitrogens with zero attached hydrogens (tertiary/aromatic N) is 1. The summed E-state index contributed by atoms with van der Waals surface area (Å²) >= 11 is 1.53. The SMILES string of the molecule is CCc1ccsc1C(=O)N1CCC(Cc2ccccc2C(=O)O)CC1. The van der Waals surface area contributed by atoms with E-state index in [0.717, 1.165) is 54.8 Å². The van der Waals surface area contributed by atoms with Crippen molar-refractivity contribution < 1.29 is 14.7 Å². The second-order valence-corrected chi connectivity index (χ2v) is 7.45. The van der Waals surface area contributed by atoms with Crippen LogP contribution in [-0.2, 0) is 12.8 Å². The lowest BCUT2D eigenvalue weighted by Crippen LogP contribution is -2.39. The number of piperidine rings is 1. The van der Waals surface area contributed by atoms with Crippen molar-refractivity contribution in [1.29, 1.82) is 0 Å². The van der Waals surface area contributed by atoms with Crippen LogP contribution in [0.2, 0.25) is 0 Å². The van der Waals surface area contributed by atoms with Gasteiger partial charge in [-0.2, -0.15) is 0 Å². The summed E-state index contributed by atoms with van der Waals surface area (Å²) in [5, 5.41) is 11.3. The number of likely N-dealkylation sites (tertiary alicyclic amines) is 1. The minimum absolute atomic E-state index is 0.149. The molecule has 0 bridgehead atoms. The maximum atomic E-state index is 12.7. The largest absolute Gasteiger partial charge is 0.478 e. The van der Waals surface area contributed by atoms with Crippen LogP contribution in [0.1, 0.15) is 50.9 Å². The Morgan fingerprint density at radius 1 is 1.16 bits per heavy atom. The van der Waals surface area contributed by atoms with Crippen LogP contribution in [0.4, 0.5) is 0 Å². The second kappa shape index (κ2) is 7.83. The van der Waals surface area contributed by atoms with Crippen LogP contribution in [0, 0.1) is 5.92 Å². The highest BCUT2D eigenvalue weighted by Gasteiger charge is 2.26. The summed E-state index contributed by atoms with van der Waals surface area (Å²) in [5.74, 6) is -0.289. The first-order valence-corrected chi connectivity index (χ1v) is 9.65. The number of aromatic carboxylic acids is 1. The van der Waals surface area contributed by atoms with E-state index >= 15 is 0 Å². The number of carbonyl (C=O) groups is 2. The van der Waals surface area contributed by atoms with Gasteiger partial charge in [0.15, 0.2) is 0 Å². The summed E-state index contributed by atoms with van der Waals surface area (Å²) in [6, 6.07) is 9.26. The van der Waals surface area contributed by atoms with Crippen molar-refractivity contribution in [1.82, 2.24) is 4.90 Å². The van der Waals surface area contributed by atoms with E-state index < -0.39 is 5.97 Å². The van der Waals surface area contributed by atoms with Crippen LogP contribution in [0.25, 0.3) is 0 Å². The molecule has 1 aliphatic heterocycles. The van der Waals surface area contributed by atoms with E-state index in [1.54, 1.807) is 12.1 Å². The van der Waals surface area contributed by atoms with E-state index in [9.17, 15) is 14.7 Å². The first-order valence-electron chi connectivity index (χ1n) is 8.77. The predicted molar refractivity (Wildman–Crippen MR) is 99.4 cm³/mol. The second-order valence-electron chi connectivity index (χ2n) is 6.53. The maximum Gasteiger partial charge on any atom is 0.335 e. The molecule has 1 fully saturated rings. The average Bonchev–Trinajstić information content (AvgIpc) is 3.11. The summed E-state index contributed by atoms with van der Waals surface area (Å²) in [6.07, 6.45) is 3.50. The highest BCUT2D eigenvalue weighted by atomic mass is 32.1. The lowest BCUT2D eigenvalue weighted by Gasteiger charge is -2.32. The van der Waals surface area contributed by atoms with Crippen LogP contribution in [0.3, 0.4) is 0 Å². The Kier molecular flexibility index (Phi) is 5.53. The van der Waals surface area contributed by atoms with E-state index in [2.05, 4.69) is 6.92 Å². The molecule has 1 saturated heterocycles. The van der Waals surface area contributed by atoms with E-state index in [1.807, 2.05) is 28.5 Å². The molecule has 1 amide bonds. The lowest BCUT2D eigenvalue weighted by atomic mass is 9.88. The molecule has 1 aliphatic rings. The standard InChI is InChI=1S/C20H23NO3S/c1-2-15-9-12-25-18(15)19(22)21-10-7-14(8-11-21)13-16-5-3-4-6-17(16)20(23)24/h3-6,9,12,14H,2,7-8,10-11,13H2,1H3,(H,23,24). The molecule has 4 nitrogen and oxygen atoms in total. The molecule has 1 N–H and O–H groups in total. The molecule has 0 aliphatic carbocycles. The molecule has 2 aromatic rings. The number of carboxylic acids is 1. The molecule has 1 aromatic carbocycles. The number of hydrogen-bond acceptors (Lipinski definition) is 3. The van der Waals surface area contributed by atoms with E-state index in [0.29, 0.717) is 11.5 Å². The molecule has 1 aromatic heterocycles. The third kappa shape index (κ3) is 3.93. The van der Waals surface area contributed by atoms with Crippen molar-refractivity contribution in [2.75, 3.05) is 13.1 Å². The van der Waals surface area contributed by atoms with Crippen LogP contribution in [-0.4, -0.2) is 35.0 Å². The Morgan fingerprint density at radius 2 is 1.88 bits per heavy atom. The number of thiophene rings is 1. The van der Waals surface area contributed by atoms with Gasteiger partial charge in [-0.15, -0.1) is 11.3 Å². The normalized spacial score (nSPS) is 15.3. The maximum absolute atomic E-state index is 12.7. The molecule has 5 heteroatoms. The summed E-state index contributed by atoms with van der Waals surface area (Å²) in [4.78, 5) is 26.9. The van der Waals surface area contributed by atoms with Gasteiger partial charge in [0.25, 0.3) is 5.91 Å². The summed E-state index contributed by atoms with van der Waals surface area (Å²) in [7, 11) is 0. The number of aryl methyl sites for hydroxylation is 1. The summed E-state index contributed by atoms with van der Waals surface area (Å²) < 4.78 is 0. The topological polar surface area (TPSA) is 57.6 Å². The third-order valence-electron chi connectivity index (χ3n) is 4.98. The number of carbonyl (C=O) groups excluding carboxylic acids is 1. The van der Waals surface area contributed by atoms with Gasteiger partial charge < -0.3 is 10.0 Å². The van der Waals surface area contributed by atoms with Crippen molar-refractivity contribution in [3.63, 3.8) is 0 Å². The quantitative estimate of drug-likeness (QED) is 0.876. The zero-order chi connectivity index (χ0) is 17.8. The Balaban J connectivity index is 1.61. The number of hydrogen-bond donors (Lipinski definition) is 1. The van der Waals surface area contributed by atoms with Crippen molar-refractivity contribution in [3.8, 4) is 0 Å². The zero-order valence-electron chi connectivity index (χ0n) is 14.4. The zero-order valence-corrected chi connectivity index (χ0v) is 15.2. The molecule has 3 rings (SSSR count).